The van der Waals surface area contributed by atoms with E-state index in [1.807, 2.05) is 0 Å². The molecule has 1 fully saturated rings. The number of alkyl halides is 3. The van der Waals surface area contributed by atoms with Crippen LogP contribution in [-0.2, 0) is 6.18 Å². The van der Waals surface area contributed by atoms with E-state index in [2.05, 4.69) is 19.6 Å². The van der Waals surface area contributed by atoms with Crippen LogP contribution in [0.5, 0.6) is 0 Å². The molecule has 2 aromatic rings. The maximum Gasteiger partial charge on any atom is 0.453 e. The van der Waals surface area contributed by atoms with E-state index >= 15 is 0 Å². The lowest BCUT2D eigenvalue weighted by Crippen LogP contribution is -2.21. The van der Waals surface area contributed by atoms with Crippen LogP contribution in [-0.4, -0.2) is 24.2 Å². The summed E-state index contributed by atoms with van der Waals surface area (Å²) in [6.07, 6.45) is -2.50. The van der Waals surface area contributed by atoms with Gasteiger partial charge in [-0.25, -0.2) is 9.66 Å². The Morgan fingerprint density at radius 2 is 2.05 bits per heavy atom. The molecule has 0 aliphatic heterocycles. The van der Waals surface area contributed by atoms with Crippen molar-refractivity contribution in [2.75, 3.05) is 5.84 Å². The lowest BCUT2D eigenvalue weighted by molar-refractivity contribution is -0.146. The number of hydrogen-bond acceptors (Lipinski definition) is 7. The number of nitrogens with two attached hydrogens (primary N) is 1. The molecule has 19 heavy (non-hydrogen) atoms. The predicted molar refractivity (Wildman–Crippen MR) is 61.2 cm³/mol. The molecule has 0 radical (unpaired) electrons. The minimum atomic E-state index is -4.62. The van der Waals surface area contributed by atoms with Crippen molar-refractivity contribution in [1.29, 1.82) is 0 Å². The van der Waals surface area contributed by atoms with E-state index < -0.39 is 12.0 Å². The van der Waals surface area contributed by atoms with E-state index in [-0.39, 0.29) is 5.16 Å². The molecule has 11 heteroatoms. The first-order valence-corrected chi connectivity index (χ1v) is 6.83. The lowest BCUT2D eigenvalue weighted by Gasteiger charge is -2.04. The molecular formula is C8H7F3N6S2. The van der Waals surface area contributed by atoms with Crippen LogP contribution in [0.25, 0.3) is 0 Å². The van der Waals surface area contributed by atoms with E-state index in [4.69, 9.17) is 5.84 Å². The summed E-state index contributed by atoms with van der Waals surface area (Å²) in [4.78, 5) is 4.23. The summed E-state index contributed by atoms with van der Waals surface area (Å²) < 4.78 is 42.5. The van der Waals surface area contributed by atoms with Gasteiger partial charge in [-0.1, -0.05) is 0 Å². The number of hydrogen-bond donors (Lipinski definition) is 1. The van der Waals surface area contributed by atoms with Crippen LogP contribution >= 0.6 is 23.3 Å². The summed E-state index contributed by atoms with van der Waals surface area (Å²) in [6, 6.07) is 0. The van der Waals surface area contributed by atoms with E-state index in [1.54, 1.807) is 0 Å². The average Bonchev–Trinajstić information content (AvgIpc) is 2.96. The normalized spacial score (nSPS) is 15.9. The Balaban J connectivity index is 1.80. The zero-order valence-corrected chi connectivity index (χ0v) is 10.9. The van der Waals surface area contributed by atoms with E-state index in [1.165, 1.54) is 0 Å². The van der Waals surface area contributed by atoms with Crippen molar-refractivity contribution in [2.45, 2.75) is 34.4 Å². The van der Waals surface area contributed by atoms with E-state index in [0.717, 1.165) is 42.0 Å². The molecule has 2 heterocycles. The minimum Gasteiger partial charge on any atom is -0.335 e. The topological polar surface area (TPSA) is 82.5 Å². The van der Waals surface area contributed by atoms with Crippen molar-refractivity contribution in [3.05, 3.63) is 11.6 Å². The van der Waals surface area contributed by atoms with E-state index in [9.17, 15) is 13.2 Å². The molecule has 1 aliphatic carbocycles. The Bertz CT molecular complexity index is 602. The third-order valence-electron chi connectivity index (χ3n) is 2.46. The fourth-order valence-corrected chi connectivity index (χ4v) is 2.93. The SMILES string of the molecule is Nn1c(Sc2nc(C3CC3)ns2)nnc1C(F)(F)F. The van der Waals surface area contributed by atoms with Crippen LogP contribution in [0.4, 0.5) is 13.2 Å². The van der Waals surface area contributed by atoms with E-state index in [0.29, 0.717) is 14.9 Å². The second kappa shape index (κ2) is 4.34. The first-order valence-electron chi connectivity index (χ1n) is 5.24. The molecular weight excluding hydrogens is 301 g/mol. The van der Waals surface area contributed by atoms with Gasteiger partial charge in [0.25, 0.3) is 5.82 Å². The number of rotatable bonds is 3. The predicted octanol–water partition coefficient (Wildman–Crippen LogP) is 1.89. The van der Waals surface area contributed by atoms with Gasteiger partial charge in [-0.3, -0.25) is 0 Å². The first kappa shape index (κ1) is 12.7. The van der Waals surface area contributed by atoms with Gasteiger partial charge in [0, 0.05) is 5.92 Å². The van der Waals surface area contributed by atoms with Gasteiger partial charge in [-0.2, -0.15) is 17.5 Å². The summed E-state index contributed by atoms with van der Waals surface area (Å²) in [7, 11) is 0. The van der Waals surface area contributed by atoms with Crippen LogP contribution in [0.1, 0.15) is 30.4 Å². The van der Waals surface area contributed by atoms with Gasteiger partial charge in [0.1, 0.15) is 5.82 Å². The van der Waals surface area contributed by atoms with Gasteiger partial charge in [0.15, 0.2) is 4.34 Å². The van der Waals surface area contributed by atoms with Crippen LogP contribution < -0.4 is 5.84 Å². The maximum atomic E-state index is 12.5. The Kier molecular flexibility index (Phi) is 2.89. The maximum absolute atomic E-state index is 12.5. The molecule has 0 amide bonds. The Morgan fingerprint density at radius 3 is 2.63 bits per heavy atom. The molecule has 1 saturated carbocycles. The summed E-state index contributed by atoms with van der Waals surface area (Å²) in [5.74, 6) is 5.23. The zero-order valence-electron chi connectivity index (χ0n) is 9.26. The smallest absolute Gasteiger partial charge is 0.335 e. The molecule has 3 rings (SSSR count). The van der Waals surface area contributed by atoms with Crippen molar-refractivity contribution in [2.24, 2.45) is 0 Å². The van der Waals surface area contributed by atoms with Crippen LogP contribution in [0.3, 0.4) is 0 Å². The van der Waals surface area contributed by atoms with Gasteiger partial charge in [-0.15, -0.1) is 10.2 Å². The Hall–Kier alpha value is -1.36. The third kappa shape index (κ3) is 2.52. The first-order chi connectivity index (χ1) is 8.95. The summed E-state index contributed by atoms with van der Waals surface area (Å²) in [5, 5.41) is 6.39. The van der Waals surface area contributed by atoms with Crippen LogP contribution in [0.2, 0.25) is 0 Å². The molecule has 0 spiro atoms. The quantitative estimate of drug-likeness (QED) is 0.872. The highest BCUT2D eigenvalue weighted by atomic mass is 32.2. The van der Waals surface area contributed by atoms with Crippen molar-refractivity contribution >= 4 is 23.3 Å². The second-order valence-corrected chi connectivity index (χ2v) is 5.93. The average molecular weight is 308 g/mol. The molecule has 0 atom stereocenters. The largest absolute Gasteiger partial charge is 0.453 e. The molecule has 0 saturated heterocycles. The highest BCUT2D eigenvalue weighted by molar-refractivity contribution is 8.00. The molecule has 1 aliphatic rings. The lowest BCUT2D eigenvalue weighted by atomic mass is 10.4. The number of aromatic nitrogens is 5. The monoisotopic (exact) mass is 308 g/mol. The fourth-order valence-electron chi connectivity index (χ4n) is 1.39. The minimum absolute atomic E-state index is 0.0641. The van der Waals surface area contributed by atoms with Gasteiger partial charge in [0.2, 0.25) is 5.16 Å². The Labute approximate surface area is 113 Å². The van der Waals surface area contributed by atoms with Crippen LogP contribution in [0, 0.1) is 0 Å². The van der Waals surface area contributed by atoms with Crippen molar-refractivity contribution < 1.29 is 13.2 Å². The van der Waals surface area contributed by atoms with Crippen molar-refractivity contribution in [3.63, 3.8) is 0 Å². The molecule has 102 valence electrons. The van der Waals surface area contributed by atoms with Gasteiger partial charge < -0.3 is 5.84 Å². The third-order valence-corrected chi connectivity index (χ3v) is 4.19. The molecule has 0 bridgehead atoms. The van der Waals surface area contributed by atoms with Gasteiger partial charge in [-0.05, 0) is 36.1 Å². The molecule has 0 aromatic carbocycles. The zero-order chi connectivity index (χ0) is 13.6. The molecule has 2 aromatic heterocycles. The molecule has 6 nitrogen and oxygen atoms in total. The highest BCUT2D eigenvalue weighted by Gasteiger charge is 2.38. The van der Waals surface area contributed by atoms with Gasteiger partial charge in [0.05, 0.1) is 0 Å². The summed E-state index contributed by atoms with van der Waals surface area (Å²) >= 11 is 2.05. The highest BCUT2D eigenvalue weighted by Crippen LogP contribution is 2.40. The number of nitrogen functional groups attached to an aromatic ring is 1. The summed E-state index contributed by atoms with van der Waals surface area (Å²) in [6.45, 7) is 0. The number of nitrogens with zero attached hydrogens (tertiary/aromatic N) is 5. The molecule has 0 unspecified atom stereocenters. The second-order valence-electron chi connectivity index (χ2n) is 3.97. The summed E-state index contributed by atoms with van der Waals surface area (Å²) in [5.41, 5.74) is 0. The fraction of sp³-hybridized carbons (Fsp3) is 0.500. The van der Waals surface area contributed by atoms with Crippen molar-refractivity contribution in [1.82, 2.24) is 24.2 Å². The molecule has 2 N–H and O–H groups in total. The standard InChI is InChI=1S/C8H7F3N6S2/c9-8(10,11)5-14-15-6(17(5)12)18-7-13-4(16-19-7)3-1-2-3/h3H,1-2,12H2. The Morgan fingerprint density at radius 1 is 1.32 bits per heavy atom. The number of halogens is 3. The van der Waals surface area contributed by atoms with Crippen molar-refractivity contribution in [3.8, 4) is 0 Å². The van der Waals surface area contributed by atoms with Crippen LogP contribution in [0.15, 0.2) is 9.50 Å². The van der Waals surface area contributed by atoms with Gasteiger partial charge >= 0.3 is 6.18 Å².